The first-order valence-electron chi connectivity index (χ1n) is 30.7. The van der Waals surface area contributed by atoms with Crippen LogP contribution in [-0.2, 0) is 91.8 Å². The van der Waals surface area contributed by atoms with E-state index in [0.29, 0.717) is 141 Å². The monoisotopic (exact) mass is 1670 g/mol. The van der Waals surface area contributed by atoms with E-state index in [1.165, 1.54) is 0 Å². The molecule has 6 aliphatic heterocycles. The Morgan fingerprint density at radius 3 is 0.551 bits per heavy atom. The van der Waals surface area contributed by atoms with Crippen molar-refractivity contribution in [3.05, 3.63) is 12.2 Å². The molecule has 6 aliphatic rings. The number of carbonyl (C=O) groups is 1. The Balaban J connectivity index is 2.16. The minimum absolute atomic E-state index is 0.0313. The third-order valence-corrected chi connectivity index (χ3v) is 78.1. The van der Waals surface area contributed by atoms with Gasteiger partial charge in [0.05, 0.1) is 6.61 Å². The highest BCUT2D eigenvalue weighted by molar-refractivity contribution is 7.04. The summed E-state index contributed by atoms with van der Waals surface area (Å²) in [6, 6.07) is 3.56. The van der Waals surface area contributed by atoms with E-state index >= 15 is 0 Å². The van der Waals surface area contributed by atoms with E-state index in [1.807, 2.05) is 105 Å². The molecule has 0 aromatic heterocycles. The predicted molar refractivity (Wildman–Crippen MR) is 384 cm³/mol. The molecule has 6 rings (SSSR count). The third kappa shape index (κ3) is 25.4. The zero-order valence-electron chi connectivity index (χ0n) is 55.3. The Hall–Kier alpha value is 3.91. The van der Waals surface area contributed by atoms with Crippen molar-refractivity contribution in [2.75, 3.05) is 47.8 Å². The first-order chi connectivity index (χ1) is 40.9. The second kappa shape index (κ2) is 33.4. The highest BCUT2D eigenvalue weighted by Crippen LogP contribution is 2.54. The Labute approximate surface area is 583 Å². The molecule has 0 aromatic carbocycles. The number of carbonyl (C=O) groups excluding carboxylic acids is 1. The fourth-order valence-electron chi connectivity index (χ4n) is 10.2. The van der Waals surface area contributed by atoms with Crippen LogP contribution in [-0.4, -0.2) is 193 Å². The van der Waals surface area contributed by atoms with E-state index in [-0.39, 0.29) is 12.2 Å². The van der Waals surface area contributed by atoms with Gasteiger partial charge >= 0.3 is 78.4 Å². The maximum atomic E-state index is 12.8. The maximum absolute atomic E-state index is 12.8. The lowest BCUT2D eigenvalue weighted by Crippen LogP contribution is -2.93. The Bertz CT molecular complexity index is 2110. The molecule has 0 amide bonds. The number of alkyl halides is 7. The highest BCUT2D eigenvalue weighted by Gasteiger charge is 2.92. The molecule has 6 saturated heterocycles. The van der Waals surface area contributed by atoms with Crippen molar-refractivity contribution in [3.63, 3.8) is 0 Å². The van der Waals surface area contributed by atoms with Crippen molar-refractivity contribution in [1.29, 1.82) is 0 Å². The third-order valence-electron chi connectivity index (χ3n) is 14.1. The highest BCUT2D eigenvalue weighted by atomic mass is 35.5. The van der Waals surface area contributed by atoms with E-state index in [2.05, 4.69) is 6.58 Å². The van der Waals surface area contributed by atoms with Crippen LogP contribution in [0.3, 0.4) is 0 Å². The van der Waals surface area contributed by atoms with E-state index in [4.69, 9.17) is 168 Å². The fourth-order valence-corrected chi connectivity index (χ4v) is 86.5. The van der Waals surface area contributed by atoms with Gasteiger partial charge in [0.1, 0.15) is 0 Å². The summed E-state index contributed by atoms with van der Waals surface area (Å²) in [5, 5.41) is 0. The lowest BCUT2D eigenvalue weighted by Gasteiger charge is -2.61. The van der Waals surface area contributed by atoms with Gasteiger partial charge in [-0.15, -0.1) is 81.2 Å². The smallest absolute Gasteiger partial charge is 0.462 e. The van der Waals surface area contributed by atoms with E-state index in [1.54, 1.807) is 6.92 Å². The van der Waals surface area contributed by atoms with Crippen LogP contribution in [0.5, 0.6) is 0 Å². The molecule has 8 bridgehead atoms. The van der Waals surface area contributed by atoms with Gasteiger partial charge in [0.15, 0.2) is 66.5 Å². The van der Waals surface area contributed by atoms with Crippen molar-refractivity contribution >= 4 is 226 Å². The van der Waals surface area contributed by atoms with Crippen LogP contribution in [0, 0.1) is 0 Å². The minimum Gasteiger partial charge on any atom is -0.462 e. The summed E-state index contributed by atoms with van der Waals surface area (Å²) < 4.78 is 162. The van der Waals surface area contributed by atoms with Crippen molar-refractivity contribution in [2.45, 2.75) is 211 Å². The van der Waals surface area contributed by atoms with Crippen molar-refractivity contribution in [2.24, 2.45) is 0 Å². The number of ether oxygens (including phenoxy) is 1. The van der Waals surface area contributed by atoms with Gasteiger partial charge in [-0.1, -0.05) is 6.58 Å². The second-order valence-electron chi connectivity index (χ2n) is 27.7. The molecule has 0 N–H and O–H groups in total. The SMILES string of the molecule is C=C(C)C(=O)OCCC[Si](C)(C)O[Si]12O[Si]3(O[Si](C)(C)CCCCl)O[Si]4(O[Si](C)(C)CCCCl)O[Si]5(O[Si](C)(C)CCCCl)O[Si](O[Si](C)(C)CCCCl)(O3)O[Si](O[Si](C)(C)CCCCl)(O[Si](O[Si](C)(C)CCCCl)(O5)O[Si](O[Si](C)(C)CCCCl)(O4)O1)O2. The van der Waals surface area contributed by atoms with E-state index in [0.717, 1.165) is 0 Å². The molecule has 0 aromatic rings. The van der Waals surface area contributed by atoms with Gasteiger partial charge in [0.2, 0.25) is 0 Å². The van der Waals surface area contributed by atoms with E-state index in [9.17, 15) is 4.79 Å². The maximum Gasteiger partial charge on any atom is 0.651 e. The molecule has 0 unspecified atom stereocenters. The Morgan fingerprint density at radius 2 is 0.427 bits per heavy atom. The standard InChI is InChI=1S/C44H101Cl7O22Si16/c1-43(2)44(52)53-34-26-42-81(17,18)61-89-71-86(58-78(11,12)39-23-31-49)65-83(55-75(5,6)36-20-28-46)62-82(54-74(3,4)35-19-27-45)63-84(67-86,56-76(7,8)37-21-29-47)69-88(73-89,60-80(15,16)41-25-33-51)70-85(64-82,57-77(9,10)38-22-30-48)68-87(66-83,72-89)59-79(13,14)40-24-32-50/h1,19-42H2,2-18H3. The lowest BCUT2D eigenvalue weighted by molar-refractivity contribution is -0.139. The molecule has 0 aliphatic carbocycles. The molecular formula is C44H101Cl7O22Si16. The van der Waals surface area contributed by atoms with Gasteiger partial charge in [-0.25, -0.2) is 4.79 Å². The van der Waals surface area contributed by atoms with Crippen molar-refractivity contribution in [1.82, 2.24) is 0 Å². The Kier molecular flexibility index (Phi) is 31.3. The van der Waals surface area contributed by atoms with Crippen LogP contribution >= 0.6 is 81.2 Å². The fraction of sp³-hybridized carbons (Fsp3) is 0.932. The normalized spacial score (nSPS) is 30.5. The van der Waals surface area contributed by atoms with Gasteiger partial charge in [0, 0.05) is 46.7 Å². The summed E-state index contributed by atoms with van der Waals surface area (Å²) in [7, 11) is -70.0. The Morgan fingerprint density at radius 1 is 0.292 bits per heavy atom. The van der Waals surface area contributed by atoms with Crippen LogP contribution in [0.4, 0.5) is 0 Å². The molecule has 6 fully saturated rings. The summed E-state index contributed by atoms with van der Waals surface area (Å²) >= 11 is 45.7. The van der Waals surface area contributed by atoms with Gasteiger partial charge in [-0.05, 0) is 211 Å². The summed E-state index contributed by atoms with van der Waals surface area (Å²) in [5.74, 6) is 1.62. The zero-order valence-corrected chi connectivity index (χ0v) is 76.6. The molecule has 522 valence electrons. The molecule has 45 heteroatoms. The minimum atomic E-state index is -5.53. The largest absolute Gasteiger partial charge is 0.651 e. The summed E-state index contributed by atoms with van der Waals surface area (Å²) in [4.78, 5) is 12.8. The summed E-state index contributed by atoms with van der Waals surface area (Å²) in [5.41, 5.74) is 0.257. The molecule has 6 heterocycles. The molecule has 0 spiro atoms. The zero-order chi connectivity index (χ0) is 67.0. The first kappa shape index (κ1) is 83.6. The molecule has 0 atom stereocenters. The van der Waals surface area contributed by atoms with Crippen molar-refractivity contribution in [3.8, 4) is 0 Å². The van der Waals surface area contributed by atoms with E-state index < -0.39 is 145 Å². The van der Waals surface area contributed by atoms with Gasteiger partial charge in [-0.2, -0.15) is 0 Å². The topological polar surface area (TPSA) is 211 Å². The first-order valence-corrected chi connectivity index (χ1v) is 72.4. The molecule has 89 heavy (non-hydrogen) atoms. The van der Waals surface area contributed by atoms with Crippen LogP contribution in [0.1, 0.15) is 58.3 Å². The lowest BCUT2D eigenvalue weighted by atomic mass is 10.4. The van der Waals surface area contributed by atoms with Gasteiger partial charge < -0.3 is 87.0 Å². The summed E-state index contributed by atoms with van der Waals surface area (Å²) in [6.07, 6.45) is 4.05. The number of hydrogen-bond acceptors (Lipinski definition) is 22. The quantitative estimate of drug-likeness (QED) is 0.0183. The number of esters is 1. The average Bonchev–Trinajstić information content (AvgIpc) is 0.684. The van der Waals surface area contributed by atoms with Crippen LogP contribution < -0.4 is 0 Å². The molecule has 0 radical (unpaired) electrons. The van der Waals surface area contributed by atoms with Crippen LogP contribution in [0.15, 0.2) is 12.2 Å². The number of rotatable bonds is 42. The summed E-state index contributed by atoms with van der Waals surface area (Å²) in [6.45, 7) is 37.1. The second-order valence-corrected chi connectivity index (χ2v) is 86.8. The number of hydrogen-bond donors (Lipinski definition) is 0. The molecule has 0 saturated carbocycles. The van der Waals surface area contributed by atoms with Gasteiger partial charge in [-0.3, -0.25) is 0 Å². The predicted octanol–water partition coefficient (Wildman–Crippen LogP) is 14.4. The molecule has 22 nitrogen and oxygen atoms in total. The van der Waals surface area contributed by atoms with Crippen LogP contribution in [0.25, 0.3) is 0 Å². The van der Waals surface area contributed by atoms with Gasteiger partial charge in [0.25, 0.3) is 0 Å². The average molecular weight is 1680 g/mol. The van der Waals surface area contributed by atoms with Crippen molar-refractivity contribution < 1.29 is 91.8 Å². The number of halogens is 7. The van der Waals surface area contributed by atoms with Crippen LogP contribution in [0.2, 0.25) is 153 Å². The molecular weight excluding hydrogens is 1580 g/mol.